The van der Waals surface area contributed by atoms with Gasteiger partial charge in [0.1, 0.15) is 30.7 Å². The molecule has 0 spiro atoms. The molecule has 0 aromatic carbocycles. The van der Waals surface area contributed by atoms with Gasteiger partial charge < -0.3 is 29.3 Å². The Morgan fingerprint density at radius 2 is 1.59 bits per heavy atom. The van der Waals surface area contributed by atoms with Crippen molar-refractivity contribution < 1.29 is 42.9 Å². The van der Waals surface area contributed by atoms with Crippen LogP contribution in [0.1, 0.15) is 127 Å². The van der Waals surface area contributed by atoms with Crippen LogP contribution in [-0.2, 0) is 28.7 Å². The first-order valence-corrected chi connectivity index (χ1v) is 21.7. The molecule has 0 bridgehead atoms. The molecular weight excluding hydrogens is 737 g/mol. The van der Waals surface area contributed by atoms with Crippen LogP contribution in [0.2, 0.25) is 0 Å². The van der Waals surface area contributed by atoms with Gasteiger partial charge in [-0.3, -0.25) is 9.05 Å². The van der Waals surface area contributed by atoms with Gasteiger partial charge in [-0.1, -0.05) is 109 Å². The highest BCUT2D eigenvalue weighted by atomic mass is 31.2. The molecule has 1 aliphatic heterocycles. The van der Waals surface area contributed by atoms with Gasteiger partial charge in [-0.2, -0.15) is 10.4 Å². The molecule has 1 fully saturated rings. The van der Waals surface area contributed by atoms with E-state index in [0.717, 1.165) is 19.3 Å². The lowest BCUT2D eigenvalue weighted by Gasteiger charge is -2.26. The molecule has 1 unspecified atom stereocenters. The molecule has 56 heavy (non-hydrogen) atoms. The molecule has 1 saturated heterocycles. The number of unbranched alkanes of at least 4 members (excludes halogenated alkanes) is 15. The fraction of sp³-hybridized carbons (Fsp3) is 0.659. The molecule has 4 rings (SSSR count). The number of phosphoric ester groups is 1. The van der Waals surface area contributed by atoms with Gasteiger partial charge in [-0.05, 0) is 31.5 Å². The Kier molecular flexibility index (Phi) is 19.2. The minimum absolute atomic E-state index is 0.0207. The lowest BCUT2D eigenvalue weighted by Crippen LogP contribution is -2.41. The predicted octanol–water partition coefficient (Wildman–Crippen LogP) is 7.11. The summed E-state index contributed by atoms with van der Waals surface area (Å²) in [7, 11) is -4.76. The number of aliphatic hydroxyl groups is 2. The molecule has 0 aliphatic carbocycles. The third kappa shape index (κ3) is 13.6. The van der Waals surface area contributed by atoms with Gasteiger partial charge >= 0.3 is 7.82 Å². The summed E-state index contributed by atoms with van der Waals surface area (Å²) in [5.41, 5.74) is 0.0405. The van der Waals surface area contributed by atoms with Crippen molar-refractivity contribution in [2.45, 2.75) is 147 Å². The van der Waals surface area contributed by atoms with Gasteiger partial charge in [0.05, 0.1) is 48.4 Å². The average molecular weight is 798 g/mol. The molecule has 308 valence electrons. The van der Waals surface area contributed by atoms with E-state index in [9.17, 15) is 24.9 Å². The second-order valence-corrected chi connectivity index (χ2v) is 16.0. The number of terminal acetylenes is 1. The van der Waals surface area contributed by atoms with Crippen LogP contribution in [0, 0.1) is 30.6 Å². The molecule has 1 aliphatic rings. The summed E-state index contributed by atoms with van der Waals surface area (Å²) in [6, 6.07) is 8.32. The van der Waals surface area contributed by atoms with Crippen LogP contribution in [0.15, 0.2) is 36.8 Å². The van der Waals surface area contributed by atoms with Gasteiger partial charge in [-0.15, -0.1) is 6.42 Å². The van der Waals surface area contributed by atoms with Crippen LogP contribution in [0.3, 0.4) is 0 Å². The van der Waals surface area contributed by atoms with Gasteiger partial charge in [-0.25, -0.2) is 19.0 Å². The van der Waals surface area contributed by atoms with Gasteiger partial charge in [0.25, 0.3) is 0 Å². The minimum atomic E-state index is -4.76. The van der Waals surface area contributed by atoms with Crippen LogP contribution in [0.25, 0.3) is 5.52 Å². The quantitative estimate of drug-likeness (QED) is 0.0383. The largest absolute Gasteiger partial charge is 0.472 e. The van der Waals surface area contributed by atoms with E-state index in [2.05, 4.69) is 27.9 Å². The summed E-state index contributed by atoms with van der Waals surface area (Å²) in [6.07, 6.45) is 23.6. The van der Waals surface area contributed by atoms with Crippen molar-refractivity contribution in [2.75, 3.05) is 26.4 Å². The van der Waals surface area contributed by atoms with Crippen LogP contribution < -0.4 is 4.74 Å². The SMILES string of the molecule is C#C[C@@]1(c2ccc3c(C)ncnn23)O[C@H](COP(=O)(O)OC[C@@H](COCCCCCCCCCCCCCCCCCC)Oc2cc(C#N)ccn2)[C@@H](O)[C@H]1O. The Labute approximate surface area is 331 Å². The monoisotopic (exact) mass is 797 g/mol. The third-order valence-corrected chi connectivity index (χ3v) is 11.1. The number of ether oxygens (including phenoxy) is 3. The van der Waals surface area contributed by atoms with E-state index >= 15 is 0 Å². The van der Waals surface area contributed by atoms with Crippen molar-refractivity contribution in [3.63, 3.8) is 0 Å². The van der Waals surface area contributed by atoms with E-state index in [1.54, 1.807) is 19.1 Å². The molecule has 4 heterocycles. The smallest absolute Gasteiger partial charge is 0.469 e. The Morgan fingerprint density at radius 3 is 2.21 bits per heavy atom. The zero-order chi connectivity index (χ0) is 40.2. The molecule has 0 amide bonds. The van der Waals surface area contributed by atoms with E-state index in [1.165, 1.54) is 113 Å². The number of nitriles is 1. The molecule has 0 saturated carbocycles. The fourth-order valence-electron chi connectivity index (χ4n) is 6.88. The van der Waals surface area contributed by atoms with E-state index in [0.29, 0.717) is 23.4 Å². The topological polar surface area (TPSA) is 191 Å². The van der Waals surface area contributed by atoms with E-state index in [4.69, 9.17) is 29.7 Å². The highest BCUT2D eigenvalue weighted by Gasteiger charge is 2.56. The van der Waals surface area contributed by atoms with Crippen molar-refractivity contribution >= 4 is 13.3 Å². The van der Waals surface area contributed by atoms with Crippen molar-refractivity contribution in [1.82, 2.24) is 19.6 Å². The number of aliphatic hydroxyl groups excluding tert-OH is 2. The van der Waals surface area contributed by atoms with Gasteiger partial charge in [0.2, 0.25) is 5.88 Å². The number of hydrogen-bond donors (Lipinski definition) is 3. The molecule has 6 atom stereocenters. The lowest BCUT2D eigenvalue weighted by atomic mass is 9.92. The summed E-state index contributed by atoms with van der Waals surface area (Å²) >= 11 is 0. The summed E-state index contributed by atoms with van der Waals surface area (Å²) in [4.78, 5) is 18.9. The Bertz CT molecular complexity index is 1750. The molecule has 14 nitrogen and oxygen atoms in total. The Balaban J connectivity index is 1.18. The second-order valence-electron chi connectivity index (χ2n) is 14.5. The van der Waals surface area contributed by atoms with E-state index in [1.807, 2.05) is 6.07 Å². The maximum Gasteiger partial charge on any atom is 0.472 e. The van der Waals surface area contributed by atoms with E-state index < -0.39 is 51.1 Å². The molecule has 3 N–H and O–H groups in total. The number of pyridine rings is 1. The van der Waals surface area contributed by atoms with Gasteiger partial charge in [0, 0.05) is 18.9 Å². The third-order valence-electron chi connectivity index (χ3n) is 10.1. The molecule has 15 heteroatoms. The zero-order valence-corrected chi connectivity index (χ0v) is 33.9. The second kappa shape index (κ2) is 23.7. The lowest BCUT2D eigenvalue weighted by molar-refractivity contribution is -0.0639. The number of aromatic nitrogens is 4. The fourth-order valence-corrected chi connectivity index (χ4v) is 7.64. The Hall–Kier alpha value is -3.43. The molecular formula is C41H60N5O9P. The van der Waals surface area contributed by atoms with Crippen LogP contribution in [-0.4, -0.2) is 85.5 Å². The highest BCUT2D eigenvalue weighted by Crippen LogP contribution is 2.46. The summed E-state index contributed by atoms with van der Waals surface area (Å²) < 4.78 is 42.7. The van der Waals surface area contributed by atoms with Crippen LogP contribution in [0.5, 0.6) is 5.88 Å². The average Bonchev–Trinajstić information content (AvgIpc) is 3.75. The van der Waals surface area contributed by atoms with Crippen molar-refractivity contribution in [3.05, 3.63) is 53.7 Å². The number of fused-ring (bicyclic) bond motifs is 1. The predicted molar refractivity (Wildman–Crippen MR) is 211 cm³/mol. The molecule has 0 radical (unpaired) electrons. The first kappa shape index (κ1) is 45.3. The number of aryl methyl sites for hydroxylation is 1. The maximum atomic E-state index is 13.0. The van der Waals surface area contributed by atoms with Crippen LogP contribution >= 0.6 is 7.82 Å². The molecule has 3 aromatic rings. The highest BCUT2D eigenvalue weighted by molar-refractivity contribution is 7.47. The molecule has 3 aromatic heterocycles. The maximum absolute atomic E-state index is 13.0. The first-order chi connectivity index (χ1) is 27.1. The zero-order valence-electron chi connectivity index (χ0n) is 33.0. The Morgan fingerprint density at radius 1 is 0.946 bits per heavy atom. The van der Waals surface area contributed by atoms with Crippen molar-refractivity contribution in [3.8, 4) is 24.3 Å². The number of phosphoric acid groups is 1. The van der Waals surface area contributed by atoms with E-state index in [-0.39, 0.29) is 18.2 Å². The standard InChI is InChI=1S/C41H60N5O9P/c1-4-6-7-8-9-10-11-12-13-14-15-16-17-18-19-20-25-51-28-34(54-38-26-33(27-42)23-24-43-38)29-52-56(49,50)53-30-36-39(47)40(48)41(5-2,55-36)37-22-21-35-32(3)44-31-45-46(35)37/h2,21-24,26,31,34,36,39-40,47-48H,4,6-20,25,28-30H2,1,3H3,(H,49,50)/t34-,36-,39-,40-,41+/m1/s1. The minimum Gasteiger partial charge on any atom is -0.469 e. The number of rotatable bonds is 28. The number of nitrogens with zero attached hydrogens (tertiary/aromatic N) is 5. The van der Waals surface area contributed by atoms with Crippen molar-refractivity contribution in [1.29, 1.82) is 5.26 Å². The summed E-state index contributed by atoms with van der Waals surface area (Å²) in [6.45, 7) is 3.46. The van der Waals surface area contributed by atoms with Crippen molar-refractivity contribution in [2.24, 2.45) is 0 Å². The normalized spacial score (nSPS) is 21.1. The summed E-state index contributed by atoms with van der Waals surface area (Å²) in [5.74, 6) is 2.56. The van der Waals surface area contributed by atoms with Gasteiger partial charge in [0.15, 0.2) is 5.60 Å². The number of hydrogen-bond acceptors (Lipinski definition) is 12. The first-order valence-electron chi connectivity index (χ1n) is 20.2. The summed E-state index contributed by atoms with van der Waals surface area (Å²) in [5, 5.41) is 35.4. The van der Waals surface area contributed by atoms with Crippen LogP contribution in [0.4, 0.5) is 0 Å².